The van der Waals surface area contributed by atoms with E-state index in [2.05, 4.69) is 49.2 Å². The molecule has 146 valence electrons. The van der Waals surface area contributed by atoms with Crippen molar-refractivity contribution in [1.29, 1.82) is 0 Å². The van der Waals surface area contributed by atoms with Crippen molar-refractivity contribution < 1.29 is 4.42 Å². The number of aromatic nitrogens is 5. The minimum atomic E-state index is 0.488. The Balaban J connectivity index is 1.33. The van der Waals surface area contributed by atoms with Crippen molar-refractivity contribution >= 4 is 23.4 Å². The van der Waals surface area contributed by atoms with E-state index in [4.69, 9.17) is 16.0 Å². The van der Waals surface area contributed by atoms with Gasteiger partial charge >= 0.3 is 0 Å². The smallest absolute Gasteiger partial charge is 0.247 e. The quantitative estimate of drug-likeness (QED) is 0.380. The van der Waals surface area contributed by atoms with E-state index in [1.807, 2.05) is 18.2 Å². The van der Waals surface area contributed by atoms with Crippen LogP contribution < -0.4 is 0 Å². The molecule has 0 bridgehead atoms. The average Bonchev–Trinajstić information content (AvgIpc) is 3.35. The zero-order valence-electron chi connectivity index (χ0n) is 15.5. The monoisotopic (exact) mass is 423 g/mol. The van der Waals surface area contributed by atoms with E-state index in [9.17, 15) is 0 Å². The predicted octanol–water partition coefficient (Wildman–Crippen LogP) is 5.20. The Morgan fingerprint density at radius 3 is 2.52 bits per heavy atom. The minimum absolute atomic E-state index is 0.488. The van der Waals surface area contributed by atoms with Crippen LogP contribution in [0.1, 0.15) is 36.0 Å². The highest BCUT2D eigenvalue weighted by Gasteiger charge is 2.30. The molecule has 1 fully saturated rings. The van der Waals surface area contributed by atoms with Gasteiger partial charge in [-0.25, -0.2) is 0 Å². The molecule has 6 nitrogen and oxygen atoms in total. The number of hydrogen-bond acceptors (Lipinski definition) is 6. The van der Waals surface area contributed by atoms with Crippen LogP contribution in [0, 0.1) is 0 Å². The van der Waals surface area contributed by atoms with Crippen molar-refractivity contribution in [2.75, 3.05) is 0 Å². The van der Waals surface area contributed by atoms with Crippen LogP contribution in [-0.4, -0.2) is 25.0 Å². The number of hydrogen-bond donors (Lipinski definition) is 0. The molecule has 0 atom stereocenters. The lowest BCUT2D eigenvalue weighted by Crippen LogP contribution is -2.06. The molecule has 4 aromatic rings. The van der Waals surface area contributed by atoms with Crippen molar-refractivity contribution in [2.45, 2.75) is 36.2 Å². The summed E-state index contributed by atoms with van der Waals surface area (Å²) in [7, 11) is 0. The number of thioether (sulfide) groups is 1. The van der Waals surface area contributed by atoms with Crippen LogP contribution in [0.25, 0.3) is 11.5 Å². The van der Waals surface area contributed by atoms with Gasteiger partial charge in [0.25, 0.3) is 0 Å². The molecule has 0 aliphatic heterocycles. The Labute approximate surface area is 177 Å². The summed E-state index contributed by atoms with van der Waals surface area (Å²) >= 11 is 7.51. The lowest BCUT2D eigenvalue weighted by Gasteiger charge is -2.09. The van der Waals surface area contributed by atoms with Crippen LogP contribution in [0.3, 0.4) is 0 Å². The van der Waals surface area contributed by atoms with Gasteiger partial charge in [0.1, 0.15) is 5.82 Å². The first-order chi connectivity index (χ1) is 14.3. The van der Waals surface area contributed by atoms with Gasteiger partial charge in [0.05, 0.1) is 12.3 Å². The molecule has 0 unspecified atom stereocenters. The van der Waals surface area contributed by atoms with Gasteiger partial charge < -0.3 is 8.98 Å². The fourth-order valence-corrected chi connectivity index (χ4v) is 4.02. The molecule has 0 N–H and O–H groups in total. The topological polar surface area (TPSA) is 69.6 Å². The Morgan fingerprint density at radius 1 is 0.966 bits per heavy atom. The summed E-state index contributed by atoms with van der Waals surface area (Å²) in [6.45, 7) is 0.766. The summed E-state index contributed by atoms with van der Waals surface area (Å²) in [4.78, 5) is 0. The molecule has 29 heavy (non-hydrogen) atoms. The second-order valence-corrected chi connectivity index (χ2v) is 8.36. The molecule has 0 radical (unpaired) electrons. The highest BCUT2D eigenvalue weighted by molar-refractivity contribution is 7.98. The van der Waals surface area contributed by atoms with Gasteiger partial charge in [0.15, 0.2) is 5.16 Å². The van der Waals surface area contributed by atoms with Crippen LogP contribution in [-0.2, 0) is 12.3 Å². The molecule has 1 aliphatic carbocycles. The largest absolute Gasteiger partial charge is 0.420 e. The van der Waals surface area contributed by atoms with Gasteiger partial charge in [-0.1, -0.05) is 53.7 Å². The Bertz CT molecular complexity index is 1110. The zero-order valence-corrected chi connectivity index (χ0v) is 17.1. The van der Waals surface area contributed by atoms with Crippen molar-refractivity contribution in [3.63, 3.8) is 0 Å². The van der Waals surface area contributed by atoms with Crippen molar-refractivity contribution in [2.24, 2.45) is 0 Å². The molecule has 0 amide bonds. The predicted molar refractivity (Wildman–Crippen MR) is 112 cm³/mol. The summed E-state index contributed by atoms with van der Waals surface area (Å²) < 4.78 is 8.03. The summed E-state index contributed by atoms with van der Waals surface area (Å²) in [6.07, 6.45) is 2.37. The van der Waals surface area contributed by atoms with Crippen molar-refractivity contribution in [3.8, 4) is 11.5 Å². The second-order valence-electron chi connectivity index (χ2n) is 6.98. The van der Waals surface area contributed by atoms with E-state index in [0.29, 0.717) is 28.5 Å². The van der Waals surface area contributed by atoms with E-state index < -0.39 is 0 Å². The molecule has 2 aromatic carbocycles. The Kier molecular flexibility index (Phi) is 5.08. The second kappa shape index (κ2) is 8.00. The maximum absolute atomic E-state index is 5.94. The van der Waals surface area contributed by atoms with Gasteiger partial charge in [-0.2, -0.15) is 0 Å². The van der Waals surface area contributed by atoms with E-state index >= 15 is 0 Å². The maximum Gasteiger partial charge on any atom is 0.247 e. The fraction of sp³-hybridized carbons (Fsp3) is 0.238. The van der Waals surface area contributed by atoms with Crippen LogP contribution in [0.5, 0.6) is 0 Å². The summed E-state index contributed by atoms with van der Waals surface area (Å²) in [5.74, 6) is 3.19. The summed E-state index contributed by atoms with van der Waals surface area (Å²) in [5.41, 5.74) is 2.08. The lowest BCUT2D eigenvalue weighted by atomic mass is 10.2. The molecule has 1 saturated carbocycles. The normalized spacial score (nSPS) is 13.7. The fourth-order valence-electron chi connectivity index (χ4n) is 3.11. The average molecular weight is 424 g/mol. The van der Waals surface area contributed by atoms with Gasteiger partial charge in [-0.05, 0) is 42.7 Å². The lowest BCUT2D eigenvalue weighted by molar-refractivity contribution is 0.528. The molecule has 2 aromatic heterocycles. The zero-order chi connectivity index (χ0) is 19.6. The first-order valence-corrected chi connectivity index (χ1v) is 10.8. The molecular formula is C21H18ClN5OS. The SMILES string of the molecule is Clc1ccc(-c2nnc(CSc3nnc(C4CC4)n3Cc3ccccc3)o2)cc1. The first kappa shape index (κ1) is 18.4. The first-order valence-electron chi connectivity index (χ1n) is 9.44. The molecular weight excluding hydrogens is 406 g/mol. The van der Waals surface area contributed by atoms with Gasteiger partial charge in [0.2, 0.25) is 11.8 Å². The van der Waals surface area contributed by atoms with Gasteiger partial charge in [0, 0.05) is 16.5 Å². The third-order valence-corrected chi connectivity index (χ3v) is 5.96. The highest BCUT2D eigenvalue weighted by Crippen LogP contribution is 2.40. The molecule has 1 aliphatic rings. The standard InChI is InChI=1S/C21H18ClN5OS/c22-17-10-8-16(9-11-17)20-25-23-18(28-20)13-29-21-26-24-19(15-6-7-15)27(21)12-14-4-2-1-3-5-14/h1-5,8-11,15H,6-7,12-13H2. The minimum Gasteiger partial charge on any atom is -0.420 e. The number of rotatable bonds is 7. The Hall–Kier alpha value is -2.64. The third kappa shape index (κ3) is 4.21. The van der Waals surface area contributed by atoms with E-state index in [-0.39, 0.29) is 0 Å². The van der Waals surface area contributed by atoms with Crippen LogP contribution >= 0.6 is 23.4 Å². The highest BCUT2D eigenvalue weighted by atomic mass is 35.5. The van der Waals surface area contributed by atoms with Crippen molar-refractivity contribution in [1.82, 2.24) is 25.0 Å². The number of benzene rings is 2. The van der Waals surface area contributed by atoms with Crippen LogP contribution in [0.15, 0.2) is 64.2 Å². The van der Waals surface area contributed by atoms with E-state index in [1.54, 1.807) is 23.9 Å². The van der Waals surface area contributed by atoms with Gasteiger partial charge in [-0.15, -0.1) is 20.4 Å². The Morgan fingerprint density at radius 2 is 1.76 bits per heavy atom. The molecule has 0 spiro atoms. The van der Waals surface area contributed by atoms with E-state index in [1.165, 1.54) is 18.4 Å². The van der Waals surface area contributed by atoms with Gasteiger partial charge in [-0.3, -0.25) is 0 Å². The summed E-state index contributed by atoms with van der Waals surface area (Å²) in [6, 6.07) is 17.7. The van der Waals surface area contributed by atoms with Crippen molar-refractivity contribution in [3.05, 3.63) is 76.9 Å². The van der Waals surface area contributed by atoms with Crippen LogP contribution in [0.2, 0.25) is 5.02 Å². The molecule has 8 heteroatoms. The molecule has 0 saturated heterocycles. The van der Waals surface area contributed by atoms with Crippen LogP contribution in [0.4, 0.5) is 0 Å². The number of halogens is 1. The number of nitrogens with zero attached hydrogens (tertiary/aromatic N) is 5. The molecule has 5 rings (SSSR count). The van der Waals surface area contributed by atoms with E-state index in [0.717, 1.165) is 23.1 Å². The third-order valence-electron chi connectivity index (χ3n) is 4.75. The molecule has 2 heterocycles. The maximum atomic E-state index is 5.94. The summed E-state index contributed by atoms with van der Waals surface area (Å²) in [5, 5.41) is 18.8.